The molecular weight excluding hydrogens is 298 g/mol. The first-order chi connectivity index (χ1) is 11.5. The standard InChI is InChI=1S/C21H21NO2/c1-22(2)19-11-7-15(8-12-19)13-17-9-10-18(21(17)24)14-16-5-3-4-6-20(16)23/h3-8,11-14,23H,9-10H2,1-2H3. The second-order valence-corrected chi connectivity index (χ2v) is 6.21. The zero-order valence-electron chi connectivity index (χ0n) is 14.0. The third kappa shape index (κ3) is 3.40. The van der Waals surface area contributed by atoms with Gasteiger partial charge in [0.05, 0.1) is 0 Å². The van der Waals surface area contributed by atoms with Crippen molar-refractivity contribution < 1.29 is 9.90 Å². The number of para-hydroxylation sites is 1. The molecule has 3 nitrogen and oxygen atoms in total. The molecule has 1 aliphatic carbocycles. The van der Waals surface area contributed by atoms with Crippen molar-refractivity contribution in [1.82, 2.24) is 0 Å². The quantitative estimate of drug-likeness (QED) is 0.858. The van der Waals surface area contributed by atoms with Gasteiger partial charge in [0.25, 0.3) is 0 Å². The Balaban J connectivity index is 1.82. The van der Waals surface area contributed by atoms with Crippen LogP contribution in [0.1, 0.15) is 24.0 Å². The summed E-state index contributed by atoms with van der Waals surface area (Å²) in [7, 11) is 4.01. The Morgan fingerprint density at radius 1 is 0.917 bits per heavy atom. The molecule has 0 bridgehead atoms. The topological polar surface area (TPSA) is 40.5 Å². The summed E-state index contributed by atoms with van der Waals surface area (Å²) in [5.41, 5.74) is 4.45. The van der Waals surface area contributed by atoms with E-state index in [4.69, 9.17) is 0 Å². The predicted octanol–water partition coefficient (Wildman–Crippen LogP) is 4.29. The lowest BCUT2D eigenvalue weighted by molar-refractivity contribution is -0.111. The van der Waals surface area contributed by atoms with Crippen LogP contribution in [0.15, 0.2) is 59.7 Å². The van der Waals surface area contributed by atoms with Crippen LogP contribution in [0.3, 0.4) is 0 Å². The predicted molar refractivity (Wildman–Crippen MR) is 99.1 cm³/mol. The summed E-state index contributed by atoms with van der Waals surface area (Å²) in [5, 5.41) is 9.85. The summed E-state index contributed by atoms with van der Waals surface area (Å²) < 4.78 is 0. The van der Waals surface area contributed by atoms with Crippen molar-refractivity contribution in [3.8, 4) is 5.75 Å². The Labute approximate surface area is 142 Å². The van der Waals surface area contributed by atoms with Crippen molar-refractivity contribution in [3.63, 3.8) is 0 Å². The average molecular weight is 319 g/mol. The number of allylic oxidation sites excluding steroid dienone is 2. The number of Topliss-reactive ketones (excluding diaryl/α,β-unsaturated/α-hetero) is 1. The van der Waals surface area contributed by atoms with Crippen molar-refractivity contribution in [2.75, 3.05) is 19.0 Å². The number of anilines is 1. The number of aromatic hydroxyl groups is 1. The Morgan fingerprint density at radius 2 is 1.54 bits per heavy atom. The second-order valence-electron chi connectivity index (χ2n) is 6.21. The molecule has 122 valence electrons. The molecule has 3 heteroatoms. The maximum Gasteiger partial charge on any atom is 0.185 e. The minimum atomic E-state index is 0.0786. The average Bonchev–Trinajstić information content (AvgIpc) is 2.91. The van der Waals surface area contributed by atoms with Gasteiger partial charge in [-0.1, -0.05) is 30.3 Å². The number of phenols is 1. The minimum absolute atomic E-state index is 0.0786. The smallest absolute Gasteiger partial charge is 0.185 e. The van der Waals surface area contributed by atoms with E-state index in [1.807, 2.05) is 61.5 Å². The second kappa shape index (κ2) is 6.75. The first-order valence-corrected chi connectivity index (χ1v) is 8.06. The minimum Gasteiger partial charge on any atom is -0.507 e. The fourth-order valence-corrected chi connectivity index (χ4v) is 2.85. The van der Waals surface area contributed by atoms with Gasteiger partial charge in [-0.15, -0.1) is 0 Å². The van der Waals surface area contributed by atoms with Gasteiger partial charge in [-0.25, -0.2) is 0 Å². The molecule has 0 unspecified atom stereocenters. The van der Waals surface area contributed by atoms with E-state index >= 15 is 0 Å². The number of hydrogen-bond donors (Lipinski definition) is 1. The molecule has 3 rings (SSSR count). The Bertz CT molecular complexity index is 814. The number of ketones is 1. The van der Waals surface area contributed by atoms with Crippen LogP contribution >= 0.6 is 0 Å². The van der Waals surface area contributed by atoms with E-state index in [1.54, 1.807) is 18.2 Å². The molecule has 2 aromatic rings. The molecule has 0 aliphatic heterocycles. The summed E-state index contributed by atoms with van der Waals surface area (Å²) in [6, 6.07) is 15.2. The lowest BCUT2D eigenvalue weighted by atomic mass is 10.1. The van der Waals surface area contributed by atoms with Crippen molar-refractivity contribution in [1.29, 1.82) is 0 Å². The van der Waals surface area contributed by atoms with Crippen LogP contribution in [0.5, 0.6) is 5.75 Å². The van der Waals surface area contributed by atoms with Crippen molar-refractivity contribution in [2.45, 2.75) is 12.8 Å². The largest absolute Gasteiger partial charge is 0.507 e. The fourth-order valence-electron chi connectivity index (χ4n) is 2.85. The molecule has 0 amide bonds. The van der Waals surface area contributed by atoms with Crippen molar-refractivity contribution in [3.05, 3.63) is 70.8 Å². The van der Waals surface area contributed by atoms with Gasteiger partial charge >= 0.3 is 0 Å². The number of benzene rings is 2. The molecule has 0 aromatic heterocycles. The zero-order valence-corrected chi connectivity index (χ0v) is 14.0. The number of rotatable bonds is 3. The number of nitrogens with zero attached hydrogens (tertiary/aromatic N) is 1. The number of phenolic OH excluding ortho intramolecular Hbond substituents is 1. The summed E-state index contributed by atoms with van der Waals surface area (Å²) in [5.74, 6) is 0.282. The monoisotopic (exact) mass is 319 g/mol. The molecular formula is C21H21NO2. The molecule has 1 aliphatic rings. The van der Waals surface area contributed by atoms with Gasteiger partial charge in [-0.2, -0.15) is 0 Å². The van der Waals surface area contributed by atoms with Crippen LogP contribution in [-0.4, -0.2) is 25.0 Å². The highest BCUT2D eigenvalue weighted by Gasteiger charge is 2.23. The molecule has 2 aromatic carbocycles. The van der Waals surface area contributed by atoms with E-state index < -0.39 is 0 Å². The summed E-state index contributed by atoms with van der Waals surface area (Å²) in [6.45, 7) is 0. The lowest BCUT2D eigenvalue weighted by Crippen LogP contribution is -2.07. The van der Waals surface area contributed by atoms with E-state index in [-0.39, 0.29) is 11.5 Å². The van der Waals surface area contributed by atoms with Crippen LogP contribution in [-0.2, 0) is 4.79 Å². The lowest BCUT2D eigenvalue weighted by Gasteiger charge is -2.11. The van der Waals surface area contributed by atoms with Crippen LogP contribution in [0.4, 0.5) is 5.69 Å². The number of carbonyl (C=O) groups excluding carboxylic acids is 1. The molecule has 1 N–H and O–H groups in total. The van der Waals surface area contributed by atoms with E-state index in [0.29, 0.717) is 5.56 Å². The van der Waals surface area contributed by atoms with Gasteiger partial charge < -0.3 is 10.0 Å². The van der Waals surface area contributed by atoms with Gasteiger partial charge in [-0.3, -0.25) is 4.79 Å². The first kappa shape index (κ1) is 16.1. The van der Waals surface area contributed by atoms with Crippen LogP contribution < -0.4 is 4.90 Å². The van der Waals surface area contributed by atoms with E-state index in [9.17, 15) is 9.90 Å². The summed E-state index contributed by atoms with van der Waals surface area (Å²) in [4.78, 5) is 14.6. The maximum absolute atomic E-state index is 12.6. The van der Waals surface area contributed by atoms with Crippen LogP contribution in [0.2, 0.25) is 0 Å². The zero-order chi connectivity index (χ0) is 17.1. The van der Waals surface area contributed by atoms with Crippen molar-refractivity contribution in [2.24, 2.45) is 0 Å². The Morgan fingerprint density at radius 3 is 2.17 bits per heavy atom. The maximum atomic E-state index is 12.6. The molecule has 0 spiro atoms. The highest BCUT2D eigenvalue weighted by atomic mass is 16.3. The molecule has 0 atom stereocenters. The highest BCUT2D eigenvalue weighted by Crippen LogP contribution is 2.31. The van der Waals surface area contributed by atoms with Gasteiger partial charge in [-0.05, 0) is 48.8 Å². The molecule has 0 saturated heterocycles. The third-order valence-electron chi connectivity index (χ3n) is 4.26. The molecule has 24 heavy (non-hydrogen) atoms. The molecule has 0 radical (unpaired) electrons. The van der Waals surface area contributed by atoms with Gasteiger partial charge in [0.15, 0.2) is 5.78 Å². The fraction of sp³-hybridized carbons (Fsp3) is 0.190. The van der Waals surface area contributed by atoms with Gasteiger partial charge in [0, 0.05) is 36.5 Å². The number of carbonyl (C=O) groups is 1. The third-order valence-corrected chi connectivity index (χ3v) is 4.26. The first-order valence-electron chi connectivity index (χ1n) is 8.06. The van der Waals surface area contributed by atoms with Crippen LogP contribution in [0, 0.1) is 0 Å². The van der Waals surface area contributed by atoms with E-state index in [2.05, 4.69) is 0 Å². The highest BCUT2D eigenvalue weighted by molar-refractivity contribution is 6.15. The summed E-state index contributed by atoms with van der Waals surface area (Å²) >= 11 is 0. The SMILES string of the molecule is CN(C)c1ccc(C=C2CCC(=Cc3ccccc3O)C2=O)cc1. The molecule has 1 fully saturated rings. The van der Waals surface area contributed by atoms with Crippen molar-refractivity contribution >= 4 is 23.6 Å². The number of hydrogen-bond acceptors (Lipinski definition) is 3. The van der Waals surface area contributed by atoms with E-state index in [0.717, 1.165) is 35.2 Å². The van der Waals surface area contributed by atoms with Crippen LogP contribution in [0.25, 0.3) is 12.2 Å². The molecule has 0 heterocycles. The van der Waals surface area contributed by atoms with Gasteiger partial charge in [0.1, 0.15) is 5.75 Å². The van der Waals surface area contributed by atoms with Gasteiger partial charge in [0.2, 0.25) is 0 Å². The molecule has 1 saturated carbocycles. The summed E-state index contributed by atoms with van der Waals surface area (Å²) in [6.07, 6.45) is 5.23. The van der Waals surface area contributed by atoms with E-state index in [1.165, 1.54) is 0 Å². The Kier molecular flexibility index (Phi) is 4.52. The normalized spacial score (nSPS) is 17.7. The Hall–Kier alpha value is -2.81.